The average molecular weight is 216 g/mol. The molecule has 1 atom stereocenters. The minimum atomic E-state index is 0.302. The normalized spacial score (nSPS) is 12.9. The van der Waals surface area contributed by atoms with Crippen molar-refractivity contribution in [3.05, 3.63) is 28.8 Å². The van der Waals surface area contributed by atoms with Crippen LogP contribution in [0, 0.1) is 0 Å². The van der Waals surface area contributed by atoms with Crippen LogP contribution in [0.3, 0.4) is 0 Å². The standard InChI is InChI=1S/C10H14ClNS/c1-7(12-2)10-8(11)5-4-6-9(10)13-3/h4-7,12H,1-3H3. The van der Waals surface area contributed by atoms with Crippen molar-refractivity contribution in [3.63, 3.8) is 0 Å². The van der Waals surface area contributed by atoms with E-state index >= 15 is 0 Å². The molecule has 1 rings (SSSR count). The average Bonchev–Trinajstić information content (AvgIpc) is 2.16. The summed E-state index contributed by atoms with van der Waals surface area (Å²) in [7, 11) is 1.94. The Bertz CT molecular complexity index is 288. The molecule has 1 unspecified atom stereocenters. The van der Waals surface area contributed by atoms with Gasteiger partial charge in [0.25, 0.3) is 0 Å². The van der Waals surface area contributed by atoms with Crippen molar-refractivity contribution in [1.82, 2.24) is 5.32 Å². The fourth-order valence-corrected chi connectivity index (χ4v) is 2.38. The zero-order chi connectivity index (χ0) is 9.84. The first-order valence-electron chi connectivity index (χ1n) is 4.20. The van der Waals surface area contributed by atoms with Crippen molar-refractivity contribution >= 4 is 23.4 Å². The van der Waals surface area contributed by atoms with Gasteiger partial charge in [-0.15, -0.1) is 11.8 Å². The first-order chi connectivity index (χ1) is 6.20. The van der Waals surface area contributed by atoms with Crippen molar-refractivity contribution < 1.29 is 0 Å². The Labute approximate surface area is 88.9 Å². The Balaban J connectivity index is 3.14. The fraction of sp³-hybridized carbons (Fsp3) is 0.400. The summed E-state index contributed by atoms with van der Waals surface area (Å²) in [5.41, 5.74) is 1.19. The first-order valence-corrected chi connectivity index (χ1v) is 5.80. The molecule has 13 heavy (non-hydrogen) atoms. The van der Waals surface area contributed by atoms with E-state index in [-0.39, 0.29) is 0 Å². The van der Waals surface area contributed by atoms with E-state index in [0.717, 1.165) is 5.02 Å². The van der Waals surface area contributed by atoms with Gasteiger partial charge in [0.1, 0.15) is 0 Å². The van der Waals surface area contributed by atoms with E-state index in [1.165, 1.54) is 10.5 Å². The van der Waals surface area contributed by atoms with Gasteiger partial charge in [-0.3, -0.25) is 0 Å². The van der Waals surface area contributed by atoms with Crippen LogP contribution in [0.25, 0.3) is 0 Å². The molecule has 0 saturated carbocycles. The van der Waals surface area contributed by atoms with Gasteiger partial charge in [0, 0.05) is 21.5 Å². The Morgan fingerprint density at radius 1 is 1.46 bits per heavy atom. The summed E-state index contributed by atoms with van der Waals surface area (Å²) in [6, 6.07) is 6.32. The lowest BCUT2D eigenvalue weighted by Crippen LogP contribution is -2.13. The fourth-order valence-electron chi connectivity index (χ4n) is 1.26. The largest absolute Gasteiger partial charge is 0.313 e. The van der Waals surface area contributed by atoms with E-state index < -0.39 is 0 Å². The van der Waals surface area contributed by atoms with Gasteiger partial charge in [-0.1, -0.05) is 17.7 Å². The van der Waals surface area contributed by atoms with Gasteiger partial charge in [-0.2, -0.15) is 0 Å². The maximum absolute atomic E-state index is 6.13. The molecule has 1 N–H and O–H groups in total. The van der Waals surface area contributed by atoms with Crippen LogP contribution in [-0.2, 0) is 0 Å². The van der Waals surface area contributed by atoms with E-state index in [2.05, 4.69) is 24.6 Å². The molecule has 0 fully saturated rings. The molecule has 1 aromatic carbocycles. The zero-order valence-electron chi connectivity index (χ0n) is 8.10. The predicted octanol–water partition coefficient (Wildman–Crippen LogP) is 3.34. The van der Waals surface area contributed by atoms with E-state index in [1.54, 1.807) is 11.8 Å². The first kappa shape index (κ1) is 10.9. The topological polar surface area (TPSA) is 12.0 Å². The molecule has 3 heteroatoms. The second-order valence-electron chi connectivity index (χ2n) is 2.87. The molecule has 0 aliphatic heterocycles. The van der Waals surface area contributed by atoms with Crippen molar-refractivity contribution in [2.24, 2.45) is 0 Å². The van der Waals surface area contributed by atoms with Crippen LogP contribution in [0.4, 0.5) is 0 Å². The number of nitrogens with one attached hydrogen (secondary N) is 1. The van der Waals surface area contributed by atoms with Crippen molar-refractivity contribution in [1.29, 1.82) is 0 Å². The van der Waals surface area contributed by atoms with Gasteiger partial charge >= 0.3 is 0 Å². The summed E-state index contributed by atoms with van der Waals surface area (Å²) in [6.07, 6.45) is 2.07. The van der Waals surface area contributed by atoms with Gasteiger partial charge in [0.2, 0.25) is 0 Å². The van der Waals surface area contributed by atoms with E-state index in [1.807, 2.05) is 19.2 Å². The number of halogens is 1. The van der Waals surface area contributed by atoms with Gasteiger partial charge in [0.05, 0.1) is 0 Å². The molecule has 0 aromatic heterocycles. The monoisotopic (exact) mass is 215 g/mol. The number of hydrogen-bond acceptors (Lipinski definition) is 2. The maximum atomic E-state index is 6.13. The molecule has 0 radical (unpaired) electrons. The number of hydrogen-bond donors (Lipinski definition) is 1. The minimum Gasteiger partial charge on any atom is -0.313 e. The van der Waals surface area contributed by atoms with Crippen molar-refractivity contribution in [3.8, 4) is 0 Å². The summed E-state index contributed by atoms with van der Waals surface area (Å²) < 4.78 is 0. The highest BCUT2D eigenvalue weighted by molar-refractivity contribution is 7.98. The molecule has 0 amide bonds. The molecule has 0 saturated heterocycles. The summed E-state index contributed by atoms with van der Waals surface area (Å²) in [5.74, 6) is 0. The van der Waals surface area contributed by atoms with Crippen LogP contribution in [0.5, 0.6) is 0 Å². The van der Waals surface area contributed by atoms with E-state index in [4.69, 9.17) is 11.6 Å². The van der Waals surface area contributed by atoms with E-state index in [0.29, 0.717) is 6.04 Å². The van der Waals surface area contributed by atoms with Crippen LogP contribution < -0.4 is 5.32 Å². The van der Waals surface area contributed by atoms with Crippen LogP contribution in [0.1, 0.15) is 18.5 Å². The van der Waals surface area contributed by atoms with Crippen LogP contribution >= 0.6 is 23.4 Å². The third kappa shape index (κ3) is 2.39. The lowest BCUT2D eigenvalue weighted by Gasteiger charge is -2.15. The SMILES string of the molecule is CNC(C)c1c(Cl)cccc1SC. The Morgan fingerprint density at radius 3 is 2.69 bits per heavy atom. The summed E-state index contributed by atoms with van der Waals surface area (Å²) in [6.45, 7) is 2.11. The molecular formula is C10H14ClNS. The minimum absolute atomic E-state index is 0.302. The molecule has 72 valence electrons. The molecule has 1 nitrogen and oxygen atoms in total. The highest BCUT2D eigenvalue weighted by atomic mass is 35.5. The molecule has 0 bridgehead atoms. The molecular weight excluding hydrogens is 202 g/mol. The number of rotatable bonds is 3. The Morgan fingerprint density at radius 2 is 2.15 bits per heavy atom. The third-order valence-corrected chi connectivity index (χ3v) is 3.22. The summed E-state index contributed by atoms with van der Waals surface area (Å²) >= 11 is 7.86. The van der Waals surface area contributed by atoms with Crippen LogP contribution in [0.2, 0.25) is 5.02 Å². The maximum Gasteiger partial charge on any atom is 0.0464 e. The molecule has 0 heterocycles. The van der Waals surface area contributed by atoms with Gasteiger partial charge in [-0.25, -0.2) is 0 Å². The van der Waals surface area contributed by atoms with E-state index in [9.17, 15) is 0 Å². The van der Waals surface area contributed by atoms with Gasteiger partial charge in [0.15, 0.2) is 0 Å². The van der Waals surface area contributed by atoms with Gasteiger partial charge < -0.3 is 5.32 Å². The number of thioether (sulfide) groups is 1. The van der Waals surface area contributed by atoms with Crippen molar-refractivity contribution in [2.45, 2.75) is 17.9 Å². The quantitative estimate of drug-likeness (QED) is 0.777. The second-order valence-corrected chi connectivity index (χ2v) is 4.12. The molecule has 0 aliphatic rings. The lowest BCUT2D eigenvalue weighted by molar-refractivity contribution is 0.641. The predicted molar refractivity (Wildman–Crippen MR) is 60.7 cm³/mol. The molecule has 1 aromatic rings. The smallest absolute Gasteiger partial charge is 0.0464 e. The highest BCUT2D eigenvalue weighted by Crippen LogP contribution is 2.31. The van der Waals surface area contributed by atoms with Gasteiger partial charge in [-0.05, 0) is 32.4 Å². The third-order valence-electron chi connectivity index (χ3n) is 2.10. The van der Waals surface area contributed by atoms with Crippen LogP contribution in [0.15, 0.2) is 23.1 Å². The Kier molecular flexibility index (Phi) is 4.10. The summed E-state index contributed by atoms with van der Waals surface area (Å²) in [4.78, 5) is 1.24. The zero-order valence-corrected chi connectivity index (χ0v) is 9.67. The molecule has 0 spiro atoms. The van der Waals surface area contributed by atoms with Crippen molar-refractivity contribution in [2.75, 3.05) is 13.3 Å². The summed E-state index contributed by atoms with van der Waals surface area (Å²) in [5, 5.41) is 4.04. The Hall–Kier alpha value is -0.180. The van der Waals surface area contributed by atoms with Crippen LogP contribution in [-0.4, -0.2) is 13.3 Å². The second kappa shape index (κ2) is 4.89. The highest BCUT2D eigenvalue weighted by Gasteiger charge is 2.11. The molecule has 0 aliphatic carbocycles. The lowest BCUT2D eigenvalue weighted by atomic mass is 10.1. The number of benzene rings is 1.